The fourth-order valence-electron chi connectivity index (χ4n) is 12.4. The van der Waals surface area contributed by atoms with E-state index < -0.39 is 12.2 Å². The molecule has 6 fully saturated rings. The Morgan fingerprint density at radius 2 is 1.03 bits per heavy atom. The van der Waals surface area contributed by atoms with Gasteiger partial charge in [0.05, 0.1) is 70.0 Å². The summed E-state index contributed by atoms with van der Waals surface area (Å²) < 4.78 is 22.3. The van der Waals surface area contributed by atoms with Crippen LogP contribution in [0.3, 0.4) is 0 Å². The van der Waals surface area contributed by atoms with Gasteiger partial charge < -0.3 is 64.3 Å². The molecule has 18 nitrogen and oxygen atoms in total. The lowest BCUT2D eigenvalue weighted by molar-refractivity contribution is 0.122. The lowest BCUT2D eigenvalue weighted by Crippen LogP contribution is -2.40. The Morgan fingerprint density at radius 3 is 1.55 bits per heavy atom. The van der Waals surface area contributed by atoms with Crippen molar-refractivity contribution in [2.45, 2.75) is 113 Å². The van der Waals surface area contributed by atoms with E-state index in [-0.39, 0.29) is 35.9 Å². The molecular formula is C69H87N9O9. The van der Waals surface area contributed by atoms with Crippen molar-refractivity contribution in [1.29, 1.82) is 0 Å². The van der Waals surface area contributed by atoms with Crippen LogP contribution in [0.1, 0.15) is 66.3 Å². The summed E-state index contributed by atoms with van der Waals surface area (Å²) in [5.74, 6) is 4.46. The van der Waals surface area contributed by atoms with Crippen molar-refractivity contribution in [2.24, 2.45) is 5.92 Å². The summed E-state index contributed by atoms with van der Waals surface area (Å²) in [5, 5.41) is 43.8. The van der Waals surface area contributed by atoms with Crippen LogP contribution in [0, 0.1) is 5.92 Å². The molecule has 0 unspecified atom stereocenters. The number of hydrogen-bond donors (Lipinski definition) is 6. The minimum absolute atomic E-state index is 0.0554. The SMILES string of the molecule is COc1ccc(COc2cc(N3CCOCC3)nc(N3CC[C@@H](O)[C@@H]3Cc3ccccc3)n2)cc1.O=c1cc(N2CCOCC2)nc(N2CC[C@@H](O)[C@@H]2Cc2ccccc2)[nH]1.O[C@@H]1CCC[C@H]1Cc1ccccc1.O[C@@H]1CCN[C@H]1Cc1ccccc1. The number of nitrogens with zero attached hydrogens (tertiary/aromatic N) is 7. The van der Waals surface area contributed by atoms with Gasteiger partial charge in [0.2, 0.25) is 17.8 Å². The molecule has 0 amide bonds. The van der Waals surface area contributed by atoms with Crippen molar-refractivity contribution in [3.8, 4) is 11.6 Å². The molecule has 1 aliphatic carbocycles. The highest BCUT2D eigenvalue weighted by Gasteiger charge is 2.37. The quantitative estimate of drug-likeness (QED) is 0.0564. The average Bonchev–Trinajstić information content (AvgIpc) is 4.19. The van der Waals surface area contributed by atoms with Crippen LogP contribution < -0.4 is 39.9 Å². The second-order valence-corrected chi connectivity index (χ2v) is 23.3. The molecule has 7 aromatic rings. The van der Waals surface area contributed by atoms with E-state index >= 15 is 0 Å². The fraction of sp³-hybridized carbons (Fsp3) is 0.449. The number of aliphatic hydroxyl groups is 4. The van der Waals surface area contributed by atoms with Gasteiger partial charge in [-0.2, -0.15) is 15.0 Å². The Labute approximate surface area is 511 Å². The number of aromatic nitrogens is 4. The highest BCUT2D eigenvalue weighted by molar-refractivity contribution is 5.50. The van der Waals surface area contributed by atoms with Gasteiger partial charge in [-0.3, -0.25) is 9.78 Å². The first-order valence-corrected chi connectivity index (χ1v) is 31.2. The molecule has 87 heavy (non-hydrogen) atoms. The summed E-state index contributed by atoms with van der Waals surface area (Å²) in [6, 6.07) is 52.4. The summed E-state index contributed by atoms with van der Waals surface area (Å²) >= 11 is 0. The highest BCUT2D eigenvalue weighted by atomic mass is 16.5. The van der Waals surface area contributed by atoms with Gasteiger partial charge in [0.1, 0.15) is 24.0 Å². The number of aromatic amines is 1. The third-order valence-electron chi connectivity index (χ3n) is 17.3. The molecule has 462 valence electrons. The fourth-order valence-corrected chi connectivity index (χ4v) is 12.4. The standard InChI is InChI=1S/C27H32N4O4.C19H24N4O3.C12H16O.C11H15NO/c1-33-22-9-7-21(8-10-22)19-35-26-18-25(30-13-15-34-16-14-30)28-27(29-26)31-12-11-24(32)23(31)17-20-5-3-2-4-6-20;24-16-6-7-23(15(16)12-14-4-2-1-3-5-14)19-20-17(13-18(25)21-19)22-8-10-26-11-9-22;13-12-8-4-7-11(12)9-10-5-2-1-3-6-10;13-11-6-7-12-10(11)8-9-4-2-1-3-5-9/h2-10,18,23-24,32H,11-17,19H2,1H3;1-5,13,15-16,24H,6-12H2,(H,20,21,25);1-3,5-6,11-13H,4,7-9H2;1-5,10-13H,6-8H2/t23-,24+;15-,16+;11-,12+;10-,11+/m0000/s1. The number of hydrogen-bond acceptors (Lipinski definition) is 17. The van der Waals surface area contributed by atoms with Gasteiger partial charge in [0.15, 0.2) is 0 Å². The lowest BCUT2D eigenvalue weighted by Gasteiger charge is -2.30. The Morgan fingerprint density at radius 1 is 0.517 bits per heavy atom. The highest BCUT2D eigenvalue weighted by Crippen LogP contribution is 2.32. The minimum Gasteiger partial charge on any atom is -0.497 e. The molecule has 5 saturated heterocycles. The summed E-state index contributed by atoms with van der Waals surface area (Å²) in [5.41, 5.74) is 5.85. The van der Waals surface area contributed by atoms with E-state index in [1.54, 1.807) is 7.11 Å². The zero-order valence-electron chi connectivity index (χ0n) is 50.1. The number of morpholine rings is 2. The zero-order valence-corrected chi connectivity index (χ0v) is 50.1. The van der Waals surface area contributed by atoms with Crippen molar-refractivity contribution < 1.29 is 39.4 Å². The number of anilines is 4. The first-order valence-electron chi connectivity index (χ1n) is 31.2. The van der Waals surface area contributed by atoms with Crippen LogP contribution in [-0.4, -0.2) is 162 Å². The Balaban J connectivity index is 0.000000140. The number of rotatable bonds is 16. The molecule has 0 bridgehead atoms. The summed E-state index contributed by atoms with van der Waals surface area (Å²) in [7, 11) is 1.65. The van der Waals surface area contributed by atoms with Crippen molar-refractivity contribution in [3.63, 3.8) is 0 Å². The molecule has 18 heteroatoms. The second kappa shape index (κ2) is 32.0. The minimum atomic E-state index is -0.437. The van der Waals surface area contributed by atoms with Crippen LogP contribution >= 0.6 is 0 Å². The molecule has 1 saturated carbocycles. The molecule has 0 spiro atoms. The molecule has 5 aromatic carbocycles. The average molecular weight is 1190 g/mol. The van der Waals surface area contributed by atoms with Crippen molar-refractivity contribution in [3.05, 3.63) is 196 Å². The van der Waals surface area contributed by atoms with E-state index in [4.69, 9.17) is 33.9 Å². The first-order chi connectivity index (χ1) is 42.6. The van der Waals surface area contributed by atoms with Crippen LogP contribution in [0.4, 0.5) is 23.5 Å². The zero-order chi connectivity index (χ0) is 60.2. The van der Waals surface area contributed by atoms with Gasteiger partial charge in [-0.05, 0) is 110 Å². The lowest BCUT2D eigenvalue weighted by atomic mass is 9.96. The van der Waals surface area contributed by atoms with Crippen molar-refractivity contribution in [1.82, 2.24) is 25.3 Å². The molecule has 2 aromatic heterocycles. The van der Waals surface area contributed by atoms with E-state index in [0.717, 1.165) is 87.5 Å². The van der Waals surface area contributed by atoms with E-state index in [1.807, 2.05) is 95.9 Å². The van der Waals surface area contributed by atoms with Crippen LogP contribution in [0.15, 0.2) is 163 Å². The molecule has 6 aliphatic rings. The number of aliphatic hydroxyl groups excluding tert-OH is 4. The Hall–Kier alpha value is -7.42. The number of ether oxygens (including phenoxy) is 4. The summed E-state index contributed by atoms with van der Waals surface area (Å²) in [4.78, 5) is 37.9. The van der Waals surface area contributed by atoms with Crippen molar-refractivity contribution >= 4 is 23.5 Å². The monoisotopic (exact) mass is 1190 g/mol. The molecular weight excluding hydrogens is 1100 g/mol. The van der Waals surface area contributed by atoms with E-state index in [1.165, 1.54) is 35.6 Å². The van der Waals surface area contributed by atoms with Crippen LogP contribution in [0.25, 0.3) is 0 Å². The first kappa shape index (κ1) is 62.6. The third-order valence-corrected chi connectivity index (χ3v) is 17.3. The maximum Gasteiger partial charge on any atom is 0.254 e. The Bertz CT molecular complexity index is 3120. The maximum atomic E-state index is 12.2. The van der Waals surface area contributed by atoms with Gasteiger partial charge in [0.25, 0.3) is 5.56 Å². The smallest absolute Gasteiger partial charge is 0.254 e. The van der Waals surface area contributed by atoms with Crippen LogP contribution in [0.5, 0.6) is 11.6 Å². The van der Waals surface area contributed by atoms with E-state index in [9.17, 15) is 25.2 Å². The summed E-state index contributed by atoms with van der Waals surface area (Å²) in [6.07, 6.45) is 7.95. The van der Waals surface area contributed by atoms with Crippen LogP contribution in [-0.2, 0) is 41.8 Å². The summed E-state index contributed by atoms with van der Waals surface area (Å²) in [6.45, 7) is 8.31. The number of nitrogens with one attached hydrogen (secondary N) is 2. The predicted molar refractivity (Wildman–Crippen MR) is 340 cm³/mol. The molecule has 0 radical (unpaired) electrons. The predicted octanol–water partition coefficient (Wildman–Crippen LogP) is 7.21. The number of benzene rings is 5. The van der Waals surface area contributed by atoms with E-state index in [0.29, 0.717) is 94.9 Å². The largest absolute Gasteiger partial charge is 0.497 e. The number of methoxy groups -OCH3 is 1. The number of H-pyrrole nitrogens is 1. The van der Waals surface area contributed by atoms with Gasteiger partial charge in [0, 0.05) is 57.4 Å². The molecule has 7 heterocycles. The molecule has 5 aliphatic heterocycles. The van der Waals surface area contributed by atoms with Gasteiger partial charge >= 0.3 is 0 Å². The van der Waals surface area contributed by atoms with Gasteiger partial charge in [-0.1, -0.05) is 140 Å². The van der Waals surface area contributed by atoms with Crippen molar-refractivity contribution in [2.75, 3.05) is 99.0 Å². The second-order valence-electron chi connectivity index (χ2n) is 23.3. The van der Waals surface area contributed by atoms with E-state index in [2.05, 4.69) is 85.7 Å². The molecule has 13 rings (SSSR count). The molecule has 6 N–H and O–H groups in total. The Kier molecular flexibility index (Phi) is 23.0. The topological polar surface area (TPSA) is 214 Å². The van der Waals surface area contributed by atoms with Gasteiger partial charge in [-0.25, -0.2) is 0 Å². The van der Waals surface area contributed by atoms with Gasteiger partial charge in [-0.15, -0.1) is 0 Å². The maximum absolute atomic E-state index is 12.2. The normalized spacial score (nSPS) is 23.4. The van der Waals surface area contributed by atoms with Crippen LogP contribution in [0.2, 0.25) is 0 Å². The molecule has 8 atom stereocenters. The third kappa shape index (κ3) is 18.1.